The van der Waals surface area contributed by atoms with Crippen molar-refractivity contribution in [2.24, 2.45) is 0 Å². The number of nitrogens with zero attached hydrogens (tertiary/aromatic N) is 3. The molecule has 20 heavy (non-hydrogen) atoms. The van der Waals surface area contributed by atoms with Crippen LogP contribution >= 0.6 is 0 Å². The highest BCUT2D eigenvalue weighted by molar-refractivity contribution is 5.37. The van der Waals surface area contributed by atoms with Gasteiger partial charge in [0.2, 0.25) is 0 Å². The molecule has 2 heterocycles. The Balaban J connectivity index is 0.000000704. The molecule has 0 aromatic heterocycles. The lowest BCUT2D eigenvalue weighted by Crippen LogP contribution is -2.51. The zero-order chi connectivity index (χ0) is 14.5. The van der Waals surface area contributed by atoms with Crippen molar-refractivity contribution in [3.05, 3.63) is 35.4 Å². The quantitative estimate of drug-likeness (QED) is 0.828. The molecule has 3 rings (SSSR count). The van der Waals surface area contributed by atoms with Crippen LogP contribution in [-0.2, 0) is 6.54 Å². The maximum atomic E-state index is 9.16. The number of nitriles is 1. The Morgan fingerprint density at radius 1 is 1.15 bits per heavy atom. The fraction of sp³-hybridized carbons (Fsp3) is 0.588. The lowest BCUT2D eigenvalue weighted by Gasteiger charge is -2.39. The van der Waals surface area contributed by atoms with Crippen LogP contribution in [0.4, 0.5) is 0 Å². The molecule has 2 unspecified atom stereocenters. The van der Waals surface area contributed by atoms with Gasteiger partial charge in [-0.2, -0.15) is 5.26 Å². The molecule has 3 heteroatoms. The summed E-state index contributed by atoms with van der Waals surface area (Å²) in [5.74, 6) is 0. The minimum atomic E-state index is 0.681. The van der Waals surface area contributed by atoms with Gasteiger partial charge >= 0.3 is 0 Å². The molecule has 108 valence electrons. The molecule has 0 saturated carbocycles. The van der Waals surface area contributed by atoms with Gasteiger partial charge in [-0.05, 0) is 31.5 Å². The van der Waals surface area contributed by atoms with Crippen molar-refractivity contribution < 1.29 is 0 Å². The minimum absolute atomic E-state index is 0.681. The summed E-state index contributed by atoms with van der Waals surface area (Å²) in [5.41, 5.74) is 2.01. The van der Waals surface area contributed by atoms with Crippen LogP contribution in [0.3, 0.4) is 0 Å². The van der Waals surface area contributed by atoms with E-state index in [4.69, 9.17) is 5.26 Å². The van der Waals surface area contributed by atoms with Crippen LogP contribution in [0.2, 0.25) is 0 Å². The standard InChI is InChI=1S/C15H19N3.C2H6/c1-17-10-14-6-7-15(11-17)18(14)9-13-5-3-2-4-12(13)8-16;1-2/h2-5,14-15H,6-7,9-11H2,1H3;1-2H3. The Kier molecular flexibility index (Phi) is 5.17. The third-order valence-corrected chi connectivity index (χ3v) is 4.31. The molecule has 1 aromatic carbocycles. The molecular formula is C17H25N3. The maximum Gasteiger partial charge on any atom is 0.0995 e. The largest absolute Gasteiger partial charge is 0.303 e. The Morgan fingerprint density at radius 2 is 1.75 bits per heavy atom. The molecular weight excluding hydrogens is 246 g/mol. The molecule has 0 aliphatic carbocycles. The van der Waals surface area contributed by atoms with Crippen molar-refractivity contribution in [3.63, 3.8) is 0 Å². The van der Waals surface area contributed by atoms with Gasteiger partial charge in [0.05, 0.1) is 11.6 Å². The molecule has 2 bridgehead atoms. The third-order valence-electron chi connectivity index (χ3n) is 4.31. The summed E-state index contributed by atoms with van der Waals surface area (Å²) in [4.78, 5) is 5.05. The van der Waals surface area contributed by atoms with E-state index in [1.54, 1.807) is 0 Å². The summed E-state index contributed by atoms with van der Waals surface area (Å²) in [6.45, 7) is 7.28. The first kappa shape index (κ1) is 15.0. The van der Waals surface area contributed by atoms with Gasteiger partial charge in [-0.3, -0.25) is 4.90 Å². The number of piperazine rings is 1. The van der Waals surface area contributed by atoms with E-state index in [0.717, 1.165) is 12.1 Å². The topological polar surface area (TPSA) is 30.3 Å². The Labute approximate surface area is 122 Å². The summed E-state index contributed by atoms with van der Waals surface area (Å²) in [6, 6.07) is 11.7. The van der Waals surface area contributed by atoms with Gasteiger partial charge < -0.3 is 4.90 Å². The highest BCUT2D eigenvalue weighted by Crippen LogP contribution is 2.31. The summed E-state index contributed by atoms with van der Waals surface area (Å²) < 4.78 is 0. The SMILES string of the molecule is CC.CN1CC2CCC(C1)N2Cc1ccccc1C#N. The van der Waals surface area contributed by atoms with Gasteiger partial charge in [-0.1, -0.05) is 32.0 Å². The predicted octanol–water partition coefficient (Wildman–Crippen LogP) is 2.86. The number of likely N-dealkylation sites (N-methyl/N-ethyl adjacent to an activating group) is 1. The van der Waals surface area contributed by atoms with Crippen LogP contribution in [0.1, 0.15) is 37.8 Å². The van der Waals surface area contributed by atoms with E-state index in [2.05, 4.69) is 29.0 Å². The van der Waals surface area contributed by atoms with Gasteiger partial charge in [-0.15, -0.1) is 0 Å². The molecule has 2 fully saturated rings. The van der Waals surface area contributed by atoms with Gasteiger partial charge in [-0.25, -0.2) is 0 Å². The second-order valence-electron chi connectivity index (χ2n) is 5.55. The third kappa shape index (κ3) is 3.03. The van der Waals surface area contributed by atoms with E-state index in [-0.39, 0.29) is 0 Å². The summed E-state index contributed by atoms with van der Waals surface area (Å²) >= 11 is 0. The molecule has 2 aliphatic rings. The molecule has 0 spiro atoms. The summed E-state index contributed by atoms with van der Waals surface area (Å²) in [5, 5.41) is 9.16. The number of hydrogen-bond acceptors (Lipinski definition) is 3. The molecule has 2 atom stereocenters. The first-order valence-electron chi connectivity index (χ1n) is 7.70. The normalized spacial score (nSPS) is 25.7. The monoisotopic (exact) mass is 271 g/mol. The Bertz CT molecular complexity index is 463. The van der Waals surface area contributed by atoms with Crippen LogP contribution in [0.15, 0.2) is 24.3 Å². The lowest BCUT2D eigenvalue weighted by atomic mass is 10.1. The van der Waals surface area contributed by atoms with E-state index in [0.29, 0.717) is 12.1 Å². The van der Waals surface area contributed by atoms with Crippen LogP contribution < -0.4 is 0 Å². The predicted molar refractivity (Wildman–Crippen MR) is 82.4 cm³/mol. The van der Waals surface area contributed by atoms with Crippen molar-refractivity contribution in [1.29, 1.82) is 5.26 Å². The van der Waals surface area contributed by atoms with Crippen LogP contribution in [0.25, 0.3) is 0 Å². The lowest BCUT2D eigenvalue weighted by molar-refractivity contribution is 0.0759. The number of hydrogen-bond donors (Lipinski definition) is 0. The molecule has 3 nitrogen and oxygen atoms in total. The zero-order valence-electron chi connectivity index (χ0n) is 12.8. The molecule has 0 amide bonds. The zero-order valence-corrected chi connectivity index (χ0v) is 12.8. The van der Waals surface area contributed by atoms with Gasteiger partial charge in [0.1, 0.15) is 0 Å². The van der Waals surface area contributed by atoms with Crippen molar-refractivity contribution in [1.82, 2.24) is 9.80 Å². The van der Waals surface area contributed by atoms with Crippen LogP contribution in [0, 0.1) is 11.3 Å². The molecule has 0 radical (unpaired) electrons. The van der Waals surface area contributed by atoms with Crippen molar-refractivity contribution in [3.8, 4) is 6.07 Å². The summed E-state index contributed by atoms with van der Waals surface area (Å²) in [7, 11) is 2.21. The van der Waals surface area contributed by atoms with E-state index < -0.39 is 0 Å². The highest BCUT2D eigenvalue weighted by Gasteiger charge is 2.38. The first-order valence-corrected chi connectivity index (χ1v) is 7.70. The van der Waals surface area contributed by atoms with E-state index in [1.807, 2.05) is 32.0 Å². The fourth-order valence-corrected chi connectivity index (χ4v) is 3.42. The molecule has 1 aromatic rings. The number of fused-ring (bicyclic) bond motifs is 2. The molecule has 2 aliphatic heterocycles. The number of rotatable bonds is 2. The Morgan fingerprint density at radius 3 is 2.35 bits per heavy atom. The van der Waals surface area contributed by atoms with Crippen molar-refractivity contribution >= 4 is 0 Å². The second-order valence-corrected chi connectivity index (χ2v) is 5.55. The Hall–Kier alpha value is -1.37. The molecule has 0 N–H and O–H groups in total. The average molecular weight is 271 g/mol. The summed E-state index contributed by atoms with van der Waals surface area (Å²) in [6.07, 6.45) is 2.62. The minimum Gasteiger partial charge on any atom is -0.303 e. The average Bonchev–Trinajstić information content (AvgIpc) is 2.73. The number of benzene rings is 1. The van der Waals surface area contributed by atoms with E-state index in [1.165, 1.54) is 31.5 Å². The highest BCUT2D eigenvalue weighted by atomic mass is 15.3. The van der Waals surface area contributed by atoms with E-state index >= 15 is 0 Å². The van der Waals surface area contributed by atoms with Gasteiger partial charge in [0, 0.05) is 31.7 Å². The second kappa shape index (κ2) is 6.88. The van der Waals surface area contributed by atoms with Crippen molar-refractivity contribution in [2.75, 3.05) is 20.1 Å². The van der Waals surface area contributed by atoms with Gasteiger partial charge in [0.25, 0.3) is 0 Å². The maximum absolute atomic E-state index is 9.16. The molecule has 2 saturated heterocycles. The fourth-order valence-electron chi connectivity index (χ4n) is 3.42. The van der Waals surface area contributed by atoms with Crippen molar-refractivity contribution in [2.45, 2.75) is 45.3 Å². The van der Waals surface area contributed by atoms with Crippen LogP contribution in [0.5, 0.6) is 0 Å². The first-order chi connectivity index (χ1) is 9.78. The van der Waals surface area contributed by atoms with Gasteiger partial charge in [0.15, 0.2) is 0 Å². The smallest absolute Gasteiger partial charge is 0.0995 e. The van der Waals surface area contributed by atoms with E-state index in [9.17, 15) is 0 Å². The number of likely N-dealkylation sites (tertiary alicyclic amines) is 1. The van der Waals surface area contributed by atoms with Crippen LogP contribution in [-0.4, -0.2) is 42.0 Å².